The van der Waals surface area contributed by atoms with Gasteiger partial charge in [-0.25, -0.2) is 0 Å². The fraction of sp³-hybridized carbons (Fsp3) is 0.125. The molecule has 0 atom stereocenters. The van der Waals surface area contributed by atoms with Crippen molar-refractivity contribution in [3.05, 3.63) is 71.0 Å². The van der Waals surface area contributed by atoms with Crippen molar-refractivity contribution in [2.45, 2.75) is 17.8 Å². The number of hydrogen-bond acceptors (Lipinski definition) is 3. The fourth-order valence-corrected chi connectivity index (χ4v) is 3.29. The molecule has 0 saturated heterocycles. The maximum atomic E-state index is 6.19. The van der Waals surface area contributed by atoms with Crippen molar-refractivity contribution in [2.24, 2.45) is 0 Å². The fourth-order valence-electron chi connectivity index (χ4n) is 2.08. The maximum Gasteiger partial charge on any atom is 0.195 e. The first-order valence-electron chi connectivity index (χ1n) is 6.58. The monoisotopic (exact) mass is 315 g/mol. The molecular weight excluding hydrogens is 302 g/mol. The van der Waals surface area contributed by atoms with Gasteiger partial charge in [-0.15, -0.1) is 10.2 Å². The Morgan fingerprint density at radius 1 is 1.10 bits per heavy atom. The normalized spacial score (nSPS) is 10.8. The van der Waals surface area contributed by atoms with E-state index < -0.39 is 0 Å². The largest absolute Gasteiger partial charge is 0.276 e. The summed E-state index contributed by atoms with van der Waals surface area (Å²) in [5, 5.41) is 9.89. The molecule has 0 aliphatic carbocycles. The molecule has 21 heavy (non-hydrogen) atoms. The van der Waals surface area contributed by atoms with Crippen molar-refractivity contribution in [3.8, 4) is 5.69 Å². The van der Waals surface area contributed by atoms with Gasteiger partial charge in [-0.1, -0.05) is 59.8 Å². The SMILES string of the molecule is Cc1ccccc1-n1cnnc1SCc1ccccc1Cl. The number of aromatic nitrogens is 3. The predicted octanol–water partition coefficient (Wildman–Crippen LogP) is 4.52. The van der Waals surface area contributed by atoms with Crippen LogP contribution in [0, 0.1) is 6.92 Å². The molecule has 0 aliphatic heterocycles. The van der Waals surface area contributed by atoms with Gasteiger partial charge in [-0.3, -0.25) is 4.57 Å². The summed E-state index contributed by atoms with van der Waals surface area (Å²) in [6, 6.07) is 16.1. The summed E-state index contributed by atoms with van der Waals surface area (Å²) in [5.41, 5.74) is 3.39. The lowest BCUT2D eigenvalue weighted by Crippen LogP contribution is -1.97. The molecule has 0 amide bonds. The maximum absolute atomic E-state index is 6.19. The molecule has 3 rings (SSSR count). The molecule has 0 aliphatic rings. The van der Waals surface area contributed by atoms with E-state index in [0.29, 0.717) is 0 Å². The van der Waals surface area contributed by atoms with Gasteiger partial charge < -0.3 is 0 Å². The Balaban J connectivity index is 1.84. The van der Waals surface area contributed by atoms with Crippen LogP contribution in [-0.4, -0.2) is 14.8 Å². The number of rotatable bonds is 4. The van der Waals surface area contributed by atoms with Gasteiger partial charge in [-0.05, 0) is 30.2 Å². The summed E-state index contributed by atoms with van der Waals surface area (Å²) in [4.78, 5) is 0. The van der Waals surface area contributed by atoms with E-state index in [2.05, 4.69) is 29.3 Å². The van der Waals surface area contributed by atoms with Crippen molar-refractivity contribution in [1.29, 1.82) is 0 Å². The molecule has 2 aromatic carbocycles. The first-order chi connectivity index (χ1) is 10.3. The summed E-state index contributed by atoms with van der Waals surface area (Å²) >= 11 is 7.82. The third-order valence-electron chi connectivity index (χ3n) is 3.21. The van der Waals surface area contributed by atoms with Crippen LogP contribution in [0.1, 0.15) is 11.1 Å². The predicted molar refractivity (Wildman–Crippen MR) is 87.1 cm³/mol. The number of benzene rings is 2. The third kappa shape index (κ3) is 3.12. The zero-order valence-electron chi connectivity index (χ0n) is 11.5. The van der Waals surface area contributed by atoms with Gasteiger partial charge in [0.15, 0.2) is 5.16 Å². The number of aryl methyl sites for hydroxylation is 1. The van der Waals surface area contributed by atoms with Crippen LogP contribution in [0.25, 0.3) is 5.69 Å². The molecule has 0 saturated carbocycles. The van der Waals surface area contributed by atoms with Crippen molar-refractivity contribution < 1.29 is 0 Å². The minimum Gasteiger partial charge on any atom is -0.276 e. The van der Waals surface area contributed by atoms with Gasteiger partial charge in [0.2, 0.25) is 0 Å². The van der Waals surface area contributed by atoms with Gasteiger partial charge >= 0.3 is 0 Å². The number of thioether (sulfide) groups is 1. The van der Waals surface area contributed by atoms with Gasteiger partial charge in [0.1, 0.15) is 6.33 Å². The summed E-state index contributed by atoms with van der Waals surface area (Å²) in [6.07, 6.45) is 1.75. The Hall–Kier alpha value is -1.78. The lowest BCUT2D eigenvalue weighted by atomic mass is 10.2. The van der Waals surface area contributed by atoms with Crippen LogP contribution in [0.4, 0.5) is 0 Å². The zero-order chi connectivity index (χ0) is 14.7. The van der Waals surface area contributed by atoms with Crippen LogP contribution in [0.3, 0.4) is 0 Å². The second-order valence-electron chi connectivity index (χ2n) is 4.65. The Labute approximate surface area is 133 Å². The van der Waals surface area contributed by atoms with Crippen LogP contribution in [-0.2, 0) is 5.75 Å². The lowest BCUT2D eigenvalue weighted by Gasteiger charge is -2.09. The number of hydrogen-bond donors (Lipinski definition) is 0. The van der Waals surface area contributed by atoms with Crippen LogP contribution in [0.15, 0.2) is 60.0 Å². The average molecular weight is 316 g/mol. The van der Waals surface area contributed by atoms with E-state index in [0.717, 1.165) is 27.2 Å². The van der Waals surface area contributed by atoms with Crippen LogP contribution in [0.5, 0.6) is 0 Å². The van der Waals surface area contributed by atoms with Crippen molar-refractivity contribution in [3.63, 3.8) is 0 Å². The molecule has 0 N–H and O–H groups in total. The van der Waals surface area contributed by atoms with Crippen molar-refractivity contribution in [2.75, 3.05) is 0 Å². The topological polar surface area (TPSA) is 30.7 Å². The molecule has 3 aromatic rings. The van der Waals surface area contributed by atoms with E-state index in [1.54, 1.807) is 18.1 Å². The quantitative estimate of drug-likeness (QED) is 0.663. The molecule has 0 fully saturated rings. The average Bonchev–Trinajstić information content (AvgIpc) is 2.95. The Morgan fingerprint density at radius 3 is 2.67 bits per heavy atom. The Morgan fingerprint density at radius 2 is 1.86 bits per heavy atom. The smallest absolute Gasteiger partial charge is 0.195 e. The second kappa shape index (κ2) is 6.33. The van der Waals surface area contributed by atoms with Gasteiger partial charge in [-0.2, -0.15) is 0 Å². The second-order valence-corrected chi connectivity index (χ2v) is 6.00. The molecular formula is C16H14ClN3S. The van der Waals surface area contributed by atoms with Crippen LogP contribution in [0.2, 0.25) is 5.02 Å². The van der Waals surface area contributed by atoms with E-state index in [1.807, 2.05) is 41.0 Å². The Kier molecular flexibility index (Phi) is 4.27. The van der Waals surface area contributed by atoms with Crippen LogP contribution >= 0.6 is 23.4 Å². The van der Waals surface area contributed by atoms with Gasteiger partial charge in [0.05, 0.1) is 5.69 Å². The van der Waals surface area contributed by atoms with E-state index in [4.69, 9.17) is 11.6 Å². The minimum atomic E-state index is 0.768. The minimum absolute atomic E-state index is 0.768. The summed E-state index contributed by atoms with van der Waals surface area (Å²) in [5.74, 6) is 0.768. The third-order valence-corrected chi connectivity index (χ3v) is 4.57. The molecule has 0 unspecified atom stereocenters. The first kappa shape index (κ1) is 14.2. The standard InChI is InChI=1S/C16H14ClN3S/c1-12-6-2-5-9-15(12)20-11-18-19-16(20)21-10-13-7-3-4-8-14(13)17/h2-9,11H,10H2,1H3. The molecule has 5 heteroatoms. The summed E-state index contributed by atoms with van der Waals surface area (Å²) < 4.78 is 2.01. The van der Waals surface area contributed by atoms with Crippen molar-refractivity contribution in [1.82, 2.24) is 14.8 Å². The van der Waals surface area contributed by atoms with Crippen molar-refractivity contribution >= 4 is 23.4 Å². The summed E-state index contributed by atoms with van der Waals surface area (Å²) in [6.45, 7) is 2.08. The molecule has 106 valence electrons. The molecule has 0 spiro atoms. The number of nitrogens with zero attached hydrogens (tertiary/aromatic N) is 3. The summed E-state index contributed by atoms with van der Waals surface area (Å²) in [7, 11) is 0. The van der Waals surface area contributed by atoms with Gasteiger partial charge in [0, 0.05) is 10.8 Å². The van der Waals surface area contributed by atoms with E-state index in [9.17, 15) is 0 Å². The van der Waals surface area contributed by atoms with Crippen LogP contribution < -0.4 is 0 Å². The van der Waals surface area contributed by atoms with E-state index in [-0.39, 0.29) is 0 Å². The first-order valence-corrected chi connectivity index (χ1v) is 7.94. The van der Waals surface area contributed by atoms with E-state index >= 15 is 0 Å². The van der Waals surface area contributed by atoms with Gasteiger partial charge in [0.25, 0.3) is 0 Å². The van der Waals surface area contributed by atoms with E-state index in [1.165, 1.54) is 5.56 Å². The highest BCUT2D eigenvalue weighted by Gasteiger charge is 2.10. The number of para-hydroxylation sites is 1. The Bertz CT molecular complexity index is 755. The number of halogens is 1. The zero-order valence-corrected chi connectivity index (χ0v) is 13.1. The molecule has 1 heterocycles. The highest BCUT2D eigenvalue weighted by atomic mass is 35.5. The highest BCUT2D eigenvalue weighted by molar-refractivity contribution is 7.98. The molecule has 0 bridgehead atoms. The lowest BCUT2D eigenvalue weighted by molar-refractivity contribution is 0.878. The molecule has 0 radical (unpaired) electrons. The highest BCUT2D eigenvalue weighted by Crippen LogP contribution is 2.27. The molecule has 1 aromatic heterocycles. The molecule has 3 nitrogen and oxygen atoms in total.